The zero-order valence-corrected chi connectivity index (χ0v) is 11.4. The van der Waals surface area contributed by atoms with Crippen molar-refractivity contribution in [2.45, 2.75) is 12.3 Å². The molecule has 5 heteroatoms. The molecule has 0 bridgehead atoms. The molecule has 0 spiro atoms. The number of nitrogens with zero attached hydrogens (tertiary/aromatic N) is 2. The van der Waals surface area contributed by atoms with E-state index in [0.717, 1.165) is 35.8 Å². The molecule has 2 aromatic carbocycles. The van der Waals surface area contributed by atoms with Crippen LogP contribution in [0.15, 0.2) is 40.9 Å². The molecule has 0 unspecified atom stereocenters. The summed E-state index contributed by atoms with van der Waals surface area (Å²) in [6.07, 6.45) is 1.04. The Balaban J connectivity index is 1.71. The van der Waals surface area contributed by atoms with Gasteiger partial charge in [-0.1, -0.05) is 23.4 Å². The lowest BCUT2D eigenvalue weighted by Gasteiger charge is -2.01. The predicted molar refractivity (Wildman–Crippen MR) is 79.1 cm³/mol. The minimum absolute atomic E-state index is 0.269. The molecule has 2 N–H and O–H groups in total. The molecule has 2 heterocycles. The van der Waals surface area contributed by atoms with E-state index < -0.39 is 0 Å². The molecule has 4 rings (SSSR count). The summed E-state index contributed by atoms with van der Waals surface area (Å²) in [5.41, 5.74) is 0.925. The highest BCUT2D eigenvalue weighted by molar-refractivity contribution is 5.87. The Morgan fingerprint density at radius 1 is 1.14 bits per heavy atom. The average molecular weight is 281 g/mol. The summed E-state index contributed by atoms with van der Waals surface area (Å²) in [5, 5.41) is 18.9. The molecular formula is C16H15N3O2. The Morgan fingerprint density at radius 2 is 2.00 bits per heavy atom. The van der Waals surface area contributed by atoms with Gasteiger partial charge in [-0.2, -0.15) is 4.98 Å². The maximum absolute atomic E-state index is 9.50. The fourth-order valence-electron chi connectivity index (χ4n) is 2.76. The second kappa shape index (κ2) is 4.86. The Kier molecular flexibility index (Phi) is 2.86. The summed E-state index contributed by atoms with van der Waals surface area (Å²) in [6, 6.07) is 11.2. The molecule has 1 fully saturated rings. The number of aromatic nitrogens is 2. The smallest absolute Gasteiger partial charge is 0.231 e. The number of rotatable bonds is 2. The van der Waals surface area contributed by atoms with E-state index in [1.165, 1.54) is 0 Å². The molecule has 106 valence electrons. The Bertz CT molecular complexity index is 791. The van der Waals surface area contributed by atoms with E-state index in [4.69, 9.17) is 4.52 Å². The van der Waals surface area contributed by atoms with Crippen molar-refractivity contribution in [3.05, 3.63) is 42.3 Å². The number of fused-ring (bicyclic) bond motifs is 1. The van der Waals surface area contributed by atoms with Crippen LogP contribution in [-0.2, 0) is 0 Å². The van der Waals surface area contributed by atoms with Crippen molar-refractivity contribution in [2.75, 3.05) is 13.1 Å². The molecule has 1 saturated heterocycles. The van der Waals surface area contributed by atoms with Crippen LogP contribution in [0.3, 0.4) is 0 Å². The lowest BCUT2D eigenvalue weighted by molar-refractivity contribution is 0.359. The van der Waals surface area contributed by atoms with Gasteiger partial charge in [-0.05, 0) is 41.9 Å². The highest BCUT2D eigenvalue weighted by Gasteiger charge is 2.23. The molecule has 0 saturated carbocycles. The second-order valence-electron chi connectivity index (χ2n) is 5.39. The predicted octanol–water partition coefficient (Wildman–Crippen LogP) is 2.67. The quantitative estimate of drug-likeness (QED) is 0.755. The number of aromatic hydroxyl groups is 1. The summed E-state index contributed by atoms with van der Waals surface area (Å²) in [4.78, 5) is 4.52. The molecule has 0 radical (unpaired) electrons. The van der Waals surface area contributed by atoms with Crippen molar-refractivity contribution in [3.8, 4) is 17.1 Å². The van der Waals surface area contributed by atoms with Crippen LogP contribution in [0.4, 0.5) is 0 Å². The van der Waals surface area contributed by atoms with Crippen LogP contribution in [-0.4, -0.2) is 28.3 Å². The largest absolute Gasteiger partial charge is 0.508 e. The SMILES string of the molecule is Oc1ccc2cc(-c3noc([C@@H]4CCNC4)n3)ccc2c1. The van der Waals surface area contributed by atoms with Crippen LogP contribution in [0.2, 0.25) is 0 Å². The first-order chi connectivity index (χ1) is 10.3. The van der Waals surface area contributed by atoms with E-state index in [9.17, 15) is 5.11 Å². The van der Waals surface area contributed by atoms with Gasteiger partial charge in [0.25, 0.3) is 0 Å². The van der Waals surface area contributed by atoms with E-state index in [-0.39, 0.29) is 5.75 Å². The number of hydrogen-bond acceptors (Lipinski definition) is 5. The van der Waals surface area contributed by atoms with Crippen LogP contribution in [0, 0.1) is 0 Å². The van der Waals surface area contributed by atoms with Crippen molar-refractivity contribution in [3.63, 3.8) is 0 Å². The van der Waals surface area contributed by atoms with Crippen LogP contribution in [0.1, 0.15) is 18.2 Å². The third kappa shape index (κ3) is 2.25. The fraction of sp³-hybridized carbons (Fsp3) is 0.250. The van der Waals surface area contributed by atoms with Crippen molar-refractivity contribution < 1.29 is 9.63 Å². The van der Waals surface area contributed by atoms with Gasteiger partial charge in [0, 0.05) is 12.1 Å². The average Bonchev–Trinajstić information content (AvgIpc) is 3.17. The minimum Gasteiger partial charge on any atom is -0.508 e. The van der Waals surface area contributed by atoms with Crippen LogP contribution >= 0.6 is 0 Å². The molecule has 1 atom stereocenters. The molecule has 1 aliphatic heterocycles. The molecule has 5 nitrogen and oxygen atoms in total. The van der Waals surface area contributed by atoms with Crippen LogP contribution in [0.5, 0.6) is 5.75 Å². The Hall–Kier alpha value is -2.40. The van der Waals surface area contributed by atoms with Gasteiger partial charge in [0.1, 0.15) is 5.75 Å². The van der Waals surface area contributed by atoms with Crippen LogP contribution < -0.4 is 5.32 Å². The minimum atomic E-state index is 0.269. The van der Waals surface area contributed by atoms with E-state index in [1.807, 2.05) is 24.3 Å². The first-order valence-corrected chi connectivity index (χ1v) is 7.07. The molecule has 1 aliphatic rings. The van der Waals surface area contributed by atoms with Gasteiger partial charge in [-0.25, -0.2) is 0 Å². The van der Waals surface area contributed by atoms with Crippen molar-refractivity contribution in [1.29, 1.82) is 0 Å². The molecule has 0 amide bonds. The summed E-state index contributed by atoms with van der Waals surface area (Å²) in [5.74, 6) is 1.92. The standard InChI is InChI=1S/C16H15N3O2/c20-14-4-3-10-7-12(2-1-11(10)8-14)15-18-16(21-19-15)13-5-6-17-9-13/h1-4,7-8,13,17,20H,5-6,9H2/t13-/m1/s1. The highest BCUT2D eigenvalue weighted by atomic mass is 16.5. The number of phenolic OH excluding ortho intramolecular Hbond substituents is 1. The normalized spacial score (nSPS) is 18.4. The number of nitrogens with one attached hydrogen (secondary N) is 1. The molecule has 1 aromatic heterocycles. The van der Waals surface area contributed by atoms with Crippen molar-refractivity contribution in [2.24, 2.45) is 0 Å². The lowest BCUT2D eigenvalue weighted by atomic mass is 10.1. The molecule has 0 aliphatic carbocycles. The van der Waals surface area contributed by atoms with E-state index >= 15 is 0 Å². The fourth-order valence-corrected chi connectivity index (χ4v) is 2.76. The second-order valence-corrected chi connectivity index (χ2v) is 5.39. The molecule has 3 aromatic rings. The number of phenols is 1. The van der Waals surface area contributed by atoms with Gasteiger partial charge in [-0.15, -0.1) is 0 Å². The monoisotopic (exact) mass is 281 g/mol. The van der Waals surface area contributed by atoms with Gasteiger partial charge in [0.15, 0.2) is 0 Å². The Labute approximate surface area is 121 Å². The first kappa shape index (κ1) is 12.3. The van der Waals surface area contributed by atoms with E-state index in [0.29, 0.717) is 17.6 Å². The summed E-state index contributed by atoms with van der Waals surface area (Å²) in [6.45, 7) is 1.90. The van der Waals surface area contributed by atoms with E-state index in [1.54, 1.807) is 12.1 Å². The lowest BCUT2D eigenvalue weighted by Crippen LogP contribution is -2.08. The number of benzene rings is 2. The molecular weight excluding hydrogens is 266 g/mol. The zero-order valence-electron chi connectivity index (χ0n) is 11.4. The van der Waals surface area contributed by atoms with E-state index in [2.05, 4.69) is 15.5 Å². The van der Waals surface area contributed by atoms with Crippen molar-refractivity contribution in [1.82, 2.24) is 15.5 Å². The van der Waals surface area contributed by atoms with Gasteiger partial charge in [-0.3, -0.25) is 0 Å². The number of hydrogen-bond donors (Lipinski definition) is 2. The third-order valence-electron chi connectivity index (χ3n) is 3.93. The maximum atomic E-state index is 9.50. The van der Waals surface area contributed by atoms with Crippen LogP contribution in [0.25, 0.3) is 22.2 Å². The Morgan fingerprint density at radius 3 is 2.86 bits per heavy atom. The summed E-state index contributed by atoms with van der Waals surface area (Å²) >= 11 is 0. The third-order valence-corrected chi connectivity index (χ3v) is 3.93. The van der Waals surface area contributed by atoms with Gasteiger partial charge in [0.05, 0.1) is 5.92 Å². The van der Waals surface area contributed by atoms with Gasteiger partial charge >= 0.3 is 0 Å². The zero-order chi connectivity index (χ0) is 14.2. The topological polar surface area (TPSA) is 71.2 Å². The maximum Gasteiger partial charge on any atom is 0.231 e. The van der Waals surface area contributed by atoms with Gasteiger partial charge < -0.3 is 14.9 Å². The summed E-state index contributed by atoms with van der Waals surface area (Å²) < 4.78 is 5.39. The first-order valence-electron chi connectivity index (χ1n) is 7.07. The molecule has 21 heavy (non-hydrogen) atoms. The summed E-state index contributed by atoms with van der Waals surface area (Å²) in [7, 11) is 0. The van der Waals surface area contributed by atoms with Gasteiger partial charge in [0.2, 0.25) is 11.7 Å². The highest BCUT2D eigenvalue weighted by Crippen LogP contribution is 2.27. The van der Waals surface area contributed by atoms with Crippen molar-refractivity contribution >= 4 is 10.8 Å².